The molecular formula is C20H19ClN2O3. The van der Waals surface area contributed by atoms with E-state index in [0.717, 1.165) is 29.5 Å². The molecule has 1 N–H and O–H groups in total. The van der Waals surface area contributed by atoms with E-state index in [4.69, 9.17) is 16.3 Å². The fraction of sp³-hybridized carbons (Fsp3) is 0.300. The number of aromatic amines is 1. The van der Waals surface area contributed by atoms with E-state index in [1.165, 1.54) is 0 Å². The summed E-state index contributed by atoms with van der Waals surface area (Å²) in [5.74, 6) is -0.127. The molecule has 6 heteroatoms. The Morgan fingerprint density at radius 3 is 2.77 bits per heavy atom. The lowest BCUT2D eigenvalue weighted by Gasteiger charge is -2.06. The van der Waals surface area contributed by atoms with Crippen LogP contribution >= 0.6 is 11.6 Å². The molecule has 0 aliphatic heterocycles. The minimum Gasteiger partial charge on any atom is -0.462 e. The van der Waals surface area contributed by atoms with Gasteiger partial charge >= 0.3 is 5.97 Å². The van der Waals surface area contributed by atoms with E-state index < -0.39 is 0 Å². The minimum atomic E-state index is -0.377. The van der Waals surface area contributed by atoms with E-state index in [2.05, 4.69) is 4.98 Å². The second-order valence-electron chi connectivity index (χ2n) is 6.67. The molecule has 0 radical (unpaired) electrons. The van der Waals surface area contributed by atoms with Crippen molar-refractivity contribution in [3.8, 4) is 11.3 Å². The maximum atomic E-state index is 12.8. The van der Waals surface area contributed by atoms with Crippen molar-refractivity contribution >= 4 is 23.1 Å². The van der Waals surface area contributed by atoms with Crippen LogP contribution in [0.5, 0.6) is 0 Å². The highest BCUT2D eigenvalue weighted by molar-refractivity contribution is 6.31. The van der Waals surface area contributed by atoms with Gasteiger partial charge in [-0.1, -0.05) is 23.7 Å². The number of fused-ring (bicyclic) bond motifs is 1. The fourth-order valence-corrected chi connectivity index (χ4v) is 3.48. The number of H-pyrrole nitrogens is 1. The molecule has 1 fully saturated rings. The number of esters is 1. The van der Waals surface area contributed by atoms with Gasteiger partial charge in [-0.3, -0.25) is 4.79 Å². The molecule has 0 amide bonds. The summed E-state index contributed by atoms with van der Waals surface area (Å²) in [6, 6.07) is 5.65. The van der Waals surface area contributed by atoms with Crippen LogP contribution in [0.2, 0.25) is 5.02 Å². The Morgan fingerprint density at radius 1 is 1.35 bits per heavy atom. The third kappa shape index (κ3) is 2.82. The first kappa shape index (κ1) is 16.9. The van der Waals surface area contributed by atoms with E-state index in [1.807, 2.05) is 31.3 Å². The normalized spacial score (nSPS) is 14.0. The summed E-state index contributed by atoms with van der Waals surface area (Å²) >= 11 is 6.22. The molecule has 4 rings (SSSR count). The van der Waals surface area contributed by atoms with E-state index in [9.17, 15) is 9.59 Å². The zero-order chi connectivity index (χ0) is 18.4. The van der Waals surface area contributed by atoms with E-state index in [0.29, 0.717) is 28.4 Å². The molecule has 2 aromatic heterocycles. The smallest absolute Gasteiger partial charge is 0.339 e. The van der Waals surface area contributed by atoms with E-state index >= 15 is 0 Å². The van der Waals surface area contributed by atoms with Gasteiger partial charge in [0.05, 0.1) is 17.9 Å². The van der Waals surface area contributed by atoms with Gasteiger partial charge in [-0.25, -0.2) is 4.79 Å². The van der Waals surface area contributed by atoms with Crippen LogP contribution in [0.3, 0.4) is 0 Å². The maximum Gasteiger partial charge on any atom is 0.339 e. The Morgan fingerprint density at radius 2 is 2.12 bits per heavy atom. The van der Waals surface area contributed by atoms with Crippen molar-refractivity contribution in [2.24, 2.45) is 0 Å². The maximum absolute atomic E-state index is 12.8. The first-order chi connectivity index (χ1) is 12.5. The number of aromatic nitrogens is 2. The number of carbonyl (C=O) groups excluding carboxylic acids is 1. The number of halogens is 1. The third-order valence-corrected chi connectivity index (χ3v) is 5.17. The second kappa shape index (κ2) is 6.32. The summed E-state index contributed by atoms with van der Waals surface area (Å²) in [7, 11) is 0. The van der Waals surface area contributed by atoms with Crippen molar-refractivity contribution in [2.45, 2.75) is 32.6 Å². The number of aryl methyl sites for hydroxylation is 1. The van der Waals surface area contributed by atoms with Crippen LogP contribution in [0.1, 0.15) is 47.2 Å². The lowest BCUT2D eigenvalue weighted by atomic mass is 10.1. The van der Waals surface area contributed by atoms with Gasteiger partial charge in [-0.15, -0.1) is 0 Å². The van der Waals surface area contributed by atoms with Crippen LogP contribution in [0.15, 0.2) is 35.4 Å². The fourth-order valence-electron chi connectivity index (χ4n) is 3.30. The molecule has 1 aliphatic carbocycles. The number of hydrogen-bond donors (Lipinski definition) is 1. The molecule has 134 valence electrons. The van der Waals surface area contributed by atoms with Gasteiger partial charge < -0.3 is 14.1 Å². The predicted molar refractivity (Wildman–Crippen MR) is 101 cm³/mol. The average Bonchev–Trinajstić information content (AvgIpc) is 3.37. The Hall–Kier alpha value is -2.53. The zero-order valence-electron chi connectivity index (χ0n) is 14.6. The molecule has 1 saturated carbocycles. The minimum absolute atomic E-state index is 0.211. The Balaban J connectivity index is 1.91. The lowest BCUT2D eigenvalue weighted by molar-refractivity contribution is 0.0525. The van der Waals surface area contributed by atoms with Crippen molar-refractivity contribution in [2.75, 3.05) is 6.61 Å². The molecule has 0 saturated heterocycles. The van der Waals surface area contributed by atoms with Gasteiger partial charge in [0, 0.05) is 28.5 Å². The summed E-state index contributed by atoms with van der Waals surface area (Å²) in [4.78, 5) is 28.1. The molecule has 2 heterocycles. The van der Waals surface area contributed by atoms with Crippen molar-refractivity contribution in [1.29, 1.82) is 0 Å². The topological polar surface area (TPSA) is 63.6 Å². The SMILES string of the molecule is CCOC(=O)c1cn2cc(-c3ccc(C)c(Cl)c3)[nH]c(=O)c2c1C1CC1. The lowest BCUT2D eigenvalue weighted by Crippen LogP contribution is -2.12. The molecule has 0 atom stereocenters. The van der Waals surface area contributed by atoms with E-state index in [-0.39, 0.29) is 17.4 Å². The van der Waals surface area contributed by atoms with Crippen molar-refractivity contribution < 1.29 is 9.53 Å². The molecule has 5 nitrogen and oxygen atoms in total. The quantitative estimate of drug-likeness (QED) is 0.696. The van der Waals surface area contributed by atoms with Crippen LogP contribution in [0.4, 0.5) is 0 Å². The van der Waals surface area contributed by atoms with Gasteiger partial charge in [0.2, 0.25) is 0 Å². The number of rotatable bonds is 4. The average molecular weight is 371 g/mol. The Labute approximate surface area is 155 Å². The second-order valence-corrected chi connectivity index (χ2v) is 7.08. The Bertz CT molecular complexity index is 1080. The summed E-state index contributed by atoms with van der Waals surface area (Å²) in [6.07, 6.45) is 5.50. The molecular weight excluding hydrogens is 352 g/mol. The summed E-state index contributed by atoms with van der Waals surface area (Å²) < 4.78 is 6.92. The highest BCUT2D eigenvalue weighted by atomic mass is 35.5. The number of benzene rings is 1. The summed E-state index contributed by atoms with van der Waals surface area (Å²) in [6.45, 7) is 4.01. The van der Waals surface area contributed by atoms with Gasteiger partial charge in [0.1, 0.15) is 5.52 Å². The third-order valence-electron chi connectivity index (χ3n) is 4.77. The van der Waals surface area contributed by atoms with Gasteiger partial charge in [0.25, 0.3) is 5.56 Å². The molecule has 26 heavy (non-hydrogen) atoms. The number of hydrogen-bond acceptors (Lipinski definition) is 3. The van der Waals surface area contributed by atoms with Crippen LogP contribution in [0, 0.1) is 6.92 Å². The number of nitrogens with one attached hydrogen (secondary N) is 1. The van der Waals surface area contributed by atoms with Crippen LogP contribution in [0.25, 0.3) is 16.8 Å². The molecule has 1 aliphatic rings. The number of carbonyl (C=O) groups is 1. The first-order valence-electron chi connectivity index (χ1n) is 8.71. The molecule has 3 aromatic rings. The molecule has 0 spiro atoms. The van der Waals surface area contributed by atoms with Gasteiger partial charge in [-0.2, -0.15) is 0 Å². The van der Waals surface area contributed by atoms with Crippen molar-refractivity contribution in [3.05, 3.63) is 62.7 Å². The number of nitrogens with zero attached hydrogens (tertiary/aromatic N) is 1. The van der Waals surface area contributed by atoms with Crippen LogP contribution in [-0.4, -0.2) is 22.0 Å². The van der Waals surface area contributed by atoms with Crippen molar-refractivity contribution in [1.82, 2.24) is 9.38 Å². The van der Waals surface area contributed by atoms with Crippen molar-refractivity contribution in [3.63, 3.8) is 0 Å². The van der Waals surface area contributed by atoms with E-state index in [1.54, 1.807) is 17.5 Å². The van der Waals surface area contributed by atoms with Crippen LogP contribution in [-0.2, 0) is 4.74 Å². The largest absolute Gasteiger partial charge is 0.462 e. The first-order valence-corrected chi connectivity index (χ1v) is 9.09. The monoisotopic (exact) mass is 370 g/mol. The zero-order valence-corrected chi connectivity index (χ0v) is 15.4. The van der Waals surface area contributed by atoms with Gasteiger partial charge in [-0.05, 0) is 44.2 Å². The standard InChI is InChI=1S/C20H19ClN2O3/c1-3-26-20(25)14-9-23-10-16(13-5-4-11(2)15(21)8-13)22-19(24)18(23)17(14)12-6-7-12/h4-5,8-10,12H,3,6-7H2,1-2H3,(H,22,24). The number of ether oxygens (including phenoxy) is 1. The van der Waals surface area contributed by atoms with Gasteiger partial charge in [0.15, 0.2) is 0 Å². The summed E-state index contributed by atoms with van der Waals surface area (Å²) in [5, 5.41) is 0.641. The predicted octanol–water partition coefficient (Wildman–Crippen LogP) is 4.31. The Kier molecular flexibility index (Phi) is 4.11. The molecule has 0 bridgehead atoms. The molecule has 1 aromatic carbocycles. The summed E-state index contributed by atoms with van der Waals surface area (Å²) in [5.41, 5.74) is 4.04. The molecule has 0 unspecified atom stereocenters. The highest BCUT2D eigenvalue weighted by Crippen LogP contribution is 2.44. The van der Waals surface area contributed by atoms with Crippen LogP contribution < -0.4 is 5.56 Å². The highest BCUT2D eigenvalue weighted by Gasteiger charge is 2.33.